The van der Waals surface area contributed by atoms with Gasteiger partial charge in [-0.25, -0.2) is 4.39 Å². The van der Waals surface area contributed by atoms with Crippen molar-refractivity contribution in [1.82, 2.24) is 5.32 Å². The van der Waals surface area contributed by atoms with Crippen LogP contribution in [0.2, 0.25) is 10.0 Å². The highest BCUT2D eigenvalue weighted by Crippen LogP contribution is 2.32. The average molecular weight is 248 g/mol. The molecule has 0 aliphatic carbocycles. The summed E-state index contributed by atoms with van der Waals surface area (Å²) in [5.74, 6) is -0.457. The molecule has 2 rings (SSSR count). The molecule has 15 heavy (non-hydrogen) atoms. The van der Waals surface area contributed by atoms with E-state index in [1.165, 1.54) is 18.9 Å². The molecule has 1 N–H and O–H groups in total. The van der Waals surface area contributed by atoms with E-state index < -0.39 is 5.82 Å². The number of hydrogen-bond donors (Lipinski definition) is 1. The summed E-state index contributed by atoms with van der Waals surface area (Å²) in [4.78, 5) is 0. The second-order valence-corrected chi connectivity index (χ2v) is 4.60. The molecule has 0 amide bonds. The number of benzene rings is 1. The highest BCUT2D eigenvalue weighted by molar-refractivity contribution is 6.33. The molecule has 1 aliphatic rings. The lowest BCUT2D eigenvalue weighted by atomic mass is 9.97. The minimum Gasteiger partial charge on any atom is -0.310 e. The Morgan fingerprint density at radius 3 is 2.67 bits per heavy atom. The lowest BCUT2D eigenvalue weighted by Crippen LogP contribution is -2.27. The molecule has 0 radical (unpaired) electrons. The van der Waals surface area contributed by atoms with Crippen LogP contribution < -0.4 is 5.32 Å². The second-order valence-electron chi connectivity index (χ2n) is 3.79. The van der Waals surface area contributed by atoms with Crippen molar-refractivity contribution in [3.05, 3.63) is 33.6 Å². The predicted octanol–water partition coefficient (Wildman–Crippen LogP) is 3.95. The lowest BCUT2D eigenvalue weighted by Gasteiger charge is -2.24. The van der Waals surface area contributed by atoms with Gasteiger partial charge < -0.3 is 5.32 Å². The van der Waals surface area contributed by atoms with E-state index in [4.69, 9.17) is 23.2 Å². The van der Waals surface area contributed by atoms with E-state index in [0.717, 1.165) is 18.5 Å². The monoisotopic (exact) mass is 247 g/mol. The Morgan fingerprint density at radius 2 is 2.00 bits per heavy atom. The molecule has 1 atom stereocenters. The molecule has 0 bridgehead atoms. The van der Waals surface area contributed by atoms with Crippen molar-refractivity contribution in [1.29, 1.82) is 0 Å². The van der Waals surface area contributed by atoms with Gasteiger partial charge >= 0.3 is 0 Å². The van der Waals surface area contributed by atoms with Gasteiger partial charge in [0.1, 0.15) is 5.82 Å². The molecular weight excluding hydrogens is 236 g/mol. The fraction of sp³-hybridized carbons (Fsp3) is 0.455. The molecule has 0 spiro atoms. The van der Waals surface area contributed by atoms with E-state index in [9.17, 15) is 4.39 Å². The van der Waals surface area contributed by atoms with Crippen LogP contribution in [0.25, 0.3) is 0 Å². The first-order valence-corrected chi connectivity index (χ1v) is 5.82. The van der Waals surface area contributed by atoms with Gasteiger partial charge in [0, 0.05) is 11.1 Å². The van der Waals surface area contributed by atoms with Crippen LogP contribution in [0.4, 0.5) is 4.39 Å². The molecular formula is C11H12Cl2FN. The third-order valence-electron chi connectivity index (χ3n) is 2.73. The number of piperidine rings is 1. The number of nitrogens with one attached hydrogen (secondary N) is 1. The van der Waals surface area contributed by atoms with Gasteiger partial charge in [-0.2, -0.15) is 0 Å². The normalized spacial score (nSPS) is 21.7. The Hall–Kier alpha value is -0.310. The minimum atomic E-state index is -0.457. The smallest absolute Gasteiger partial charge is 0.143 e. The first kappa shape index (κ1) is 11.2. The molecule has 0 aromatic heterocycles. The van der Waals surface area contributed by atoms with E-state index in [2.05, 4.69) is 5.32 Å². The maximum absolute atomic E-state index is 13.1. The Kier molecular flexibility index (Phi) is 3.49. The van der Waals surface area contributed by atoms with Crippen LogP contribution in [0, 0.1) is 5.82 Å². The molecule has 1 unspecified atom stereocenters. The zero-order valence-electron chi connectivity index (χ0n) is 8.19. The summed E-state index contributed by atoms with van der Waals surface area (Å²) in [6, 6.07) is 3.13. The Labute approximate surface area is 98.6 Å². The van der Waals surface area contributed by atoms with Gasteiger partial charge in [-0.3, -0.25) is 0 Å². The van der Waals surface area contributed by atoms with Crippen LogP contribution in [0.5, 0.6) is 0 Å². The first-order valence-electron chi connectivity index (χ1n) is 5.06. The SMILES string of the molecule is Fc1cc(Cl)c(C2CCCCN2)cc1Cl. The average Bonchev–Trinajstić information content (AvgIpc) is 2.25. The van der Waals surface area contributed by atoms with Gasteiger partial charge in [-0.1, -0.05) is 29.6 Å². The Morgan fingerprint density at radius 1 is 1.20 bits per heavy atom. The Bertz CT molecular complexity index is 362. The second kappa shape index (κ2) is 4.69. The first-order chi connectivity index (χ1) is 7.18. The summed E-state index contributed by atoms with van der Waals surface area (Å²) >= 11 is 11.7. The summed E-state index contributed by atoms with van der Waals surface area (Å²) in [5, 5.41) is 3.95. The quantitative estimate of drug-likeness (QED) is 0.742. The van der Waals surface area contributed by atoms with Crippen LogP contribution >= 0.6 is 23.2 Å². The molecule has 1 aliphatic heterocycles. The third-order valence-corrected chi connectivity index (χ3v) is 3.34. The van der Waals surface area contributed by atoms with Crippen LogP contribution in [0.1, 0.15) is 30.9 Å². The standard InChI is InChI=1S/C11H12Cl2FN/c12-8-6-10(14)9(13)5-7(8)11-3-1-2-4-15-11/h5-6,11,15H,1-4H2. The summed E-state index contributed by atoms with van der Waals surface area (Å²) in [5.41, 5.74) is 0.905. The van der Waals surface area contributed by atoms with E-state index in [0.29, 0.717) is 5.02 Å². The minimum absolute atomic E-state index is 0.141. The topological polar surface area (TPSA) is 12.0 Å². The lowest BCUT2D eigenvalue weighted by molar-refractivity contribution is 0.412. The van der Waals surface area contributed by atoms with Crippen molar-refractivity contribution in [2.75, 3.05) is 6.54 Å². The van der Waals surface area contributed by atoms with Crippen LogP contribution in [0.3, 0.4) is 0 Å². The van der Waals surface area contributed by atoms with E-state index in [-0.39, 0.29) is 11.1 Å². The molecule has 1 aromatic rings. The van der Waals surface area contributed by atoms with E-state index in [1.807, 2.05) is 0 Å². The maximum Gasteiger partial charge on any atom is 0.143 e. The fourth-order valence-electron chi connectivity index (χ4n) is 1.92. The van der Waals surface area contributed by atoms with Crippen molar-refractivity contribution in [3.63, 3.8) is 0 Å². The van der Waals surface area contributed by atoms with Gasteiger partial charge in [-0.15, -0.1) is 0 Å². The van der Waals surface area contributed by atoms with Crippen molar-refractivity contribution in [2.45, 2.75) is 25.3 Å². The van der Waals surface area contributed by atoms with E-state index in [1.54, 1.807) is 6.07 Å². The summed E-state index contributed by atoms with van der Waals surface area (Å²) in [7, 11) is 0. The maximum atomic E-state index is 13.1. The van der Waals surface area contributed by atoms with Crippen molar-refractivity contribution in [3.8, 4) is 0 Å². The van der Waals surface area contributed by atoms with Gasteiger partial charge in [-0.05, 0) is 37.1 Å². The molecule has 1 fully saturated rings. The van der Waals surface area contributed by atoms with Gasteiger partial charge in [0.15, 0.2) is 0 Å². The van der Waals surface area contributed by atoms with Gasteiger partial charge in [0.2, 0.25) is 0 Å². The highest BCUT2D eigenvalue weighted by atomic mass is 35.5. The van der Waals surface area contributed by atoms with Gasteiger partial charge in [0.25, 0.3) is 0 Å². The van der Waals surface area contributed by atoms with E-state index >= 15 is 0 Å². The third kappa shape index (κ3) is 2.44. The number of halogens is 3. The molecule has 1 saturated heterocycles. The zero-order valence-corrected chi connectivity index (χ0v) is 9.71. The van der Waals surface area contributed by atoms with Crippen molar-refractivity contribution < 1.29 is 4.39 Å². The van der Waals surface area contributed by atoms with Crippen LogP contribution in [-0.4, -0.2) is 6.54 Å². The fourth-order valence-corrected chi connectivity index (χ4v) is 2.38. The largest absolute Gasteiger partial charge is 0.310 e. The summed E-state index contributed by atoms with van der Waals surface area (Å²) < 4.78 is 13.1. The molecule has 82 valence electrons. The molecule has 4 heteroatoms. The number of rotatable bonds is 1. The summed E-state index contributed by atoms with van der Waals surface area (Å²) in [6.45, 7) is 0.982. The summed E-state index contributed by atoms with van der Waals surface area (Å²) in [6.07, 6.45) is 3.38. The van der Waals surface area contributed by atoms with Crippen LogP contribution in [0.15, 0.2) is 12.1 Å². The molecule has 0 saturated carbocycles. The van der Waals surface area contributed by atoms with Crippen molar-refractivity contribution >= 4 is 23.2 Å². The number of hydrogen-bond acceptors (Lipinski definition) is 1. The van der Waals surface area contributed by atoms with Crippen LogP contribution in [-0.2, 0) is 0 Å². The zero-order chi connectivity index (χ0) is 10.8. The predicted molar refractivity (Wildman–Crippen MR) is 61.0 cm³/mol. The molecule has 1 nitrogen and oxygen atoms in total. The highest BCUT2D eigenvalue weighted by Gasteiger charge is 2.18. The van der Waals surface area contributed by atoms with Crippen molar-refractivity contribution in [2.24, 2.45) is 0 Å². The molecule has 1 aromatic carbocycles. The Balaban J connectivity index is 2.30. The van der Waals surface area contributed by atoms with Gasteiger partial charge in [0.05, 0.1) is 5.02 Å². The molecule has 1 heterocycles.